The third-order valence-corrected chi connectivity index (χ3v) is 4.66. The lowest BCUT2D eigenvalue weighted by Crippen LogP contribution is -2.47. The second kappa shape index (κ2) is 8.36. The largest absolute Gasteiger partial charge is 0.373 e. The standard InChI is InChI=1S/C16H27N3O.HI/c1-2-17-16(18-11-12-6-4-3-5-7-12)19-14-10-13-8-9-15(14)20-13;/h3-4,12-15H,2,5-11H2,1H3,(H2,17,18,19);1H. The van der Waals surface area contributed by atoms with Gasteiger partial charge in [0.15, 0.2) is 5.96 Å². The summed E-state index contributed by atoms with van der Waals surface area (Å²) in [6, 6.07) is 0.456. The van der Waals surface area contributed by atoms with Gasteiger partial charge in [0, 0.05) is 13.1 Å². The Kier molecular flexibility index (Phi) is 6.79. The van der Waals surface area contributed by atoms with E-state index in [2.05, 4.69) is 29.7 Å². The molecule has 0 aromatic rings. The van der Waals surface area contributed by atoms with Crippen LogP contribution in [0.15, 0.2) is 17.1 Å². The number of nitrogens with one attached hydrogen (secondary N) is 2. The summed E-state index contributed by atoms with van der Waals surface area (Å²) in [5, 5.41) is 6.96. The van der Waals surface area contributed by atoms with Crippen LogP contribution < -0.4 is 10.6 Å². The number of halogens is 1. The molecule has 4 nitrogen and oxygen atoms in total. The number of allylic oxidation sites excluding steroid dienone is 2. The van der Waals surface area contributed by atoms with Gasteiger partial charge in [-0.05, 0) is 51.4 Å². The number of nitrogens with zero attached hydrogens (tertiary/aromatic N) is 1. The molecule has 0 spiro atoms. The Morgan fingerprint density at radius 2 is 2.19 bits per heavy atom. The van der Waals surface area contributed by atoms with E-state index in [4.69, 9.17) is 9.73 Å². The molecule has 2 aliphatic heterocycles. The minimum atomic E-state index is 0. The van der Waals surface area contributed by atoms with Crippen LogP contribution in [-0.2, 0) is 4.74 Å². The van der Waals surface area contributed by atoms with Gasteiger partial charge in [-0.1, -0.05) is 12.2 Å². The number of rotatable bonds is 4. The Balaban J connectivity index is 0.00000161. The fraction of sp³-hybridized carbons (Fsp3) is 0.812. The summed E-state index contributed by atoms with van der Waals surface area (Å²) >= 11 is 0. The van der Waals surface area contributed by atoms with Crippen LogP contribution in [0.3, 0.4) is 0 Å². The van der Waals surface area contributed by atoms with Gasteiger partial charge in [0.2, 0.25) is 0 Å². The molecule has 2 bridgehead atoms. The lowest BCUT2D eigenvalue weighted by molar-refractivity contribution is 0.0992. The number of aliphatic imine (C=N–C) groups is 1. The molecule has 2 heterocycles. The van der Waals surface area contributed by atoms with Crippen LogP contribution in [0, 0.1) is 5.92 Å². The van der Waals surface area contributed by atoms with Crippen molar-refractivity contribution in [3.8, 4) is 0 Å². The van der Waals surface area contributed by atoms with Crippen LogP contribution >= 0.6 is 24.0 Å². The molecule has 5 heteroatoms. The number of hydrogen-bond acceptors (Lipinski definition) is 2. The maximum atomic E-state index is 5.90. The molecule has 3 aliphatic rings. The molecule has 2 fully saturated rings. The predicted octanol–water partition coefficient (Wildman–Crippen LogP) is 2.84. The van der Waals surface area contributed by atoms with Crippen molar-refractivity contribution in [2.45, 2.75) is 63.7 Å². The normalized spacial score (nSPS) is 34.6. The van der Waals surface area contributed by atoms with Crippen LogP contribution in [0.5, 0.6) is 0 Å². The zero-order valence-corrected chi connectivity index (χ0v) is 15.2. The van der Waals surface area contributed by atoms with E-state index in [1.54, 1.807) is 0 Å². The fourth-order valence-corrected chi connectivity index (χ4v) is 3.53. The Morgan fingerprint density at radius 3 is 2.81 bits per heavy atom. The highest BCUT2D eigenvalue weighted by molar-refractivity contribution is 14.0. The first-order chi connectivity index (χ1) is 9.85. The first-order valence-corrected chi connectivity index (χ1v) is 8.20. The molecule has 120 valence electrons. The molecule has 21 heavy (non-hydrogen) atoms. The van der Waals surface area contributed by atoms with Gasteiger partial charge in [-0.3, -0.25) is 4.99 Å². The van der Waals surface area contributed by atoms with Crippen molar-refractivity contribution >= 4 is 29.9 Å². The molecule has 1 aliphatic carbocycles. The van der Waals surface area contributed by atoms with E-state index in [-0.39, 0.29) is 24.0 Å². The summed E-state index contributed by atoms with van der Waals surface area (Å²) < 4.78 is 5.90. The molecule has 4 atom stereocenters. The molecule has 0 aromatic heterocycles. The first-order valence-electron chi connectivity index (χ1n) is 8.20. The SMILES string of the molecule is CCNC(=NCC1CC=CCC1)NC1CC2CCC1O2.I. The highest BCUT2D eigenvalue weighted by Gasteiger charge is 2.41. The zero-order chi connectivity index (χ0) is 13.8. The van der Waals surface area contributed by atoms with E-state index in [0.717, 1.165) is 25.5 Å². The van der Waals surface area contributed by atoms with Gasteiger partial charge in [0.05, 0.1) is 18.2 Å². The minimum absolute atomic E-state index is 0. The summed E-state index contributed by atoms with van der Waals surface area (Å²) in [6.45, 7) is 3.97. The molecule has 2 saturated heterocycles. The van der Waals surface area contributed by atoms with Crippen LogP contribution in [0.4, 0.5) is 0 Å². The molecular weight excluding hydrogens is 377 g/mol. The highest BCUT2D eigenvalue weighted by Crippen LogP contribution is 2.34. The van der Waals surface area contributed by atoms with E-state index in [1.165, 1.54) is 32.1 Å². The van der Waals surface area contributed by atoms with Crippen molar-refractivity contribution in [2.75, 3.05) is 13.1 Å². The summed E-state index contributed by atoms with van der Waals surface area (Å²) in [5.74, 6) is 1.69. The third kappa shape index (κ3) is 4.58. The zero-order valence-electron chi connectivity index (χ0n) is 12.9. The number of fused-ring (bicyclic) bond motifs is 2. The number of hydrogen-bond donors (Lipinski definition) is 2. The van der Waals surface area contributed by atoms with E-state index in [9.17, 15) is 0 Å². The van der Waals surface area contributed by atoms with E-state index < -0.39 is 0 Å². The predicted molar refractivity (Wildman–Crippen MR) is 97.3 cm³/mol. The van der Waals surface area contributed by atoms with Gasteiger partial charge >= 0.3 is 0 Å². The van der Waals surface area contributed by atoms with Gasteiger partial charge < -0.3 is 15.4 Å². The number of guanidine groups is 1. The van der Waals surface area contributed by atoms with Crippen molar-refractivity contribution in [3.63, 3.8) is 0 Å². The lowest BCUT2D eigenvalue weighted by Gasteiger charge is -2.23. The molecule has 0 saturated carbocycles. The fourth-order valence-electron chi connectivity index (χ4n) is 3.53. The van der Waals surface area contributed by atoms with Crippen molar-refractivity contribution in [3.05, 3.63) is 12.2 Å². The van der Waals surface area contributed by atoms with Gasteiger partial charge in [0.25, 0.3) is 0 Å². The number of ether oxygens (including phenoxy) is 1. The van der Waals surface area contributed by atoms with Crippen molar-refractivity contribution in [1.29, 1.82) is 0 Å². The average molecular weight is 405 g/mol. The average Bonchev–Trinajstić information content (AvgIpc) is 3.09. The van der Waals surface area contributed by atoms with Gasteiger partial charge in [0.1, 0.15) is 0 Å². The van der Waals surface area contributed by atoms with Crippen molar-refractivity contribution < 1.29 is 4.74 Å². The quantitative estimate of drug-likeness (QED) is 0.327. The Morgan fingerprint density at radius 1 is 1.29 bits per heavy atom. The second-order valence-electron chi connectivity index (χ2n) is 6.23. The van der Waals surface area contributed by atoms with Crippen LogP contribution in [0.1, 0.15) is 45.4 Å². The van der Waals surface area contributed by atoms with Crippen molar-refractivity contribution in [2.24, 2.45) is 10.9 Å². The molecule has 0 aromatic carbocycles. The second-order valence-corrected chi connectivity index (χ2v) is 6.23. The molecular formula is C16H28IN3O. The van der Waals surface area contributed by atoms with E-state index >= 15 is 0 Å². The van der Waals surface area contributed by atoms with Gasteiger partial charge in [-0.25, -0.2) is 0 Å². The van der Waals surface area contributed by atoms with Crippen LogP contribution in [0.25, 0.3) is 0 Å². The Labute approximate surface area is 145 Å². The van der Waals surface area contributed by atoms with Gasteiger partial charge in [-0.15, -0.1) is 24.0 Å². The van der Waals surface area contributed by atoms with E-state index in [1.807, 2.05) is 0 Å². The molecule has 4 unspecified atom stereocenters. The molecule has 0 radical (unpaired) electrons. The lowest BCUT2D eigenvalue weighted by atomic mass is 9.94. The summed E-state index contributed by atoms with van der Waals surface area (Å²) in [5.41, 5.74) is 0. The monoisotopic (exact) mass is 405 g/mol. The molecule has 2 N–H and O–H groups in total. The summed E-state index contributed by atoms with van der Waals surface area (Å²) in [4.78, 5) is 4.79. The Bertz CT molecular complexity index is 386. The first kappa shape index (κ1) is 17.1. The summed E-state index contributed by atoms with van der Waals surface area (Å²) in [6.07, 6.45) is 12.7. The third-order valence-electron chi connectivity index (χ3n) is 4.66. The van der Waals surface area contributed by atoms with E-state index in [0.29, 0.717) is 24.2 Å². The topological polar surface area (TPSA) is 45.7 Å². The summed E-state index contributed by atoms with van der Waals surface area (Å²) in [7, 11) is 0. The van der Waals surface area contributed by atoms with Gasteiger partial charge in [-0.2, -0.15) is 0 Å². The Hall–Kier alpha value is -0.300. The minimum Gasteiger partial charge on any atom is -0.373 e. The van der Waals surface area contributed by atoms with Crippen molar-refractivity contribution in [1.82, 2.24) is 10.6 Å². The van der Waals surface area contributed by atoms with Crippen LogP contribution in [-0.4, -0.2) is 37.3 Å². The smallest absolute Gasteiger partial charge is 0.191 e. The molecule has 3 rings (SSSR count). The maximum absolute atomic E-state index is 5.90. The maximum Gasteiger partial charge on any atom is 0.191 e. The molecule has 0 amide bonds. The highest BCUT2D eigenvalue weighted by atomic mass is 127. The van der Waals surface area contributed by atoms with Crippen LogP contribution in [0.2, 0.25) is 0 Å².